The van der Waals surface area contributed by atoms with Gasteiger partial charge in [0.05, 0.1) is 5.02 Å². The van der Waals surface area contributed by atoms with Gasteiger partial charge in [-0.15, -0.1) is 13.2 Å². The molecule has 0 aliphatic rings. The highest BCUT2D eigenvalue weighted by Gasteiger charge is 2.31. The van der Waals surface area contributed by atoms with Gasteiger partial charge in [-0.05, 0) is 57.5 Å². The Kier molecular flexibility index (Phi) is 6.55. The van der Waals surface area contributed by atoms with Gasteiger partial charge in [0.1, 0.15) is 28.4 Å². The summed E-state index contributed by atoms with van der Waals surface area (Å²) in [6, 6.07) is 6.47. The molecule has 0 aromatic heterocycles. The van der Waals surface area contributed by atoms with Crippen molar-refractivity contribution in [2.24, 2.45) is 0 Å². The van der Waals surface area contributed by atoms with E-state index >= 15 is 0 Å². The first-order valence-electron chi connectivity index (χ1n) is 8.02. The van der Waals surface area contributed by atoms with Crippen molar-refractivity contribution >= 4 is 33.5 Å². The summed E-state index contributed by atoms with van der Waals surface area (Å²) < 4.78 is 52.6. The van der Waals surface area contributed by atoms with Gasteiger partial charge < -0.3 is 14.2 Å². The molecule has 0 radical (unpaired) electrons. The zero-order valence-corrected chi connectivity index (χ0v) is 17.8. The quantitative estimate of drug-likeness (QED) is 0.439. The minimum absolute atomic E-state index is 0.0581. The van der Waals surface area contributed by atoms with E-state index in [0.717, 1.165) is 12.1 Å². The van der Waals surface area contributed by atoms with Crippen LogP contribution >= 0.6 is 27.5 Å². The number of alkyl halides is 3. The highest BCUT2D eigenvalue weighted by molar-refractivity contribution is 9.10. The maximum absolute atomic E-state index is 12.6. The SMILES string of the molecule is Cc1c(Br)ccc(Oc2ccc(OC(F)(F)F)cc2Cl)c1C(=O)OC(C)(C)C. The summed E-state index contributed by atoms with van der Waals surface area (Å²) in [5, 5.41) is -0.113. The van der Waals surface area contributed by atoms with E-state index in [-0.39, 0.29) is 22.1 Å². The lowest BCUT2D eigenvalue weighted by atomic mass is 10.1. The molecule has 0 N–H and O–H groups in total. The third kappa shape index (κ3) is 6.04. The number of hydrogen-bond donors (Lipinski definition) is 0. The number of esters is 1. The van der Waals surface area contributed by atoms with Crippen molar-refractivity contribution in [1.29, 1.82) is 0 Å². The Labute approximate surface area is 173 Å². The molecule has 4 nitrogen and oxygen atoms in total. The molecule has 9 heteroatoms. The number of hydrogen-bond acceptors (Lipinski definition) is 4. The smallest absolute Gasteiger partial charge is 0.456 e. The summed E-state index contributed by atoms with van der Waals surface area (Å²) >= 11 is 9.37. The van der Waals surface area contributed by atoms with Crippen LogP contribution in [0.3, 0.4) is 0 Å². The number of benzene rings is 2. The van der Waals surface area contributed by atoms with E-state index in [4.69, 9.17) is 21.1 Å². The summed E-state index contributed by atoms with van der Waals surface area (Å²) in [5.41, 5.74) is 0.0352. The highest BCUT2D eigenvalue weighted by atomic mass is 79.9. The molecule has 0 amide bonds. The molecule has 0 aliphatic carbocycles. The number of rotatable bonds is 4. The van der Waals surface area contributed by atoms with Crippen molar-refractivity contribution in [2.45, 2.75) is 39.7 Å². The molecule has 28 heavy (non-hydrogen) atoms. The molecule has 0 unspecified atom stereocenters. The molecule has 0 saturated heterocycles. The van der Waals surface area contributed by atoms with Crippen LogP contribution in [0.1, 0.15) is 36.7 Å². The zero-order chi connectivity index (χ0) is 21.3. The zero-order valence-electron chi connectivity index (χ0n) is 15.4. The van der Waals surface area contributed by atoms with Crippen LogP contribution in [-0.4, -0.2) is 17.9 Å². The first kappa shape index (κ1) is 22.4. The summed E-state index contributed by atoms with van der Waals surface area (Å²) in [7, 11) is 0. The van der Waals surface area contributed by atoms with Gasteiger partial charge in [0.25, 0.3) is 0 Å². The van der Waals surface area contributed by atoms with E-state index in [1.165, 1.54) is 12.1 Å². The third-order valence-electron chi connectivity index (χ3n) is 3.32. The molecular weight excluding hydrogens is 465 g/mol. The van der Waals surface area contributed by atoms with Gasteiger partial charge in [-0.2, -0.15) is 0 Å². The van der Waals surface area contributed by atoms with E-state index < -0.39 is 23.7 Å². The van der Waals surface area contributed by atoms with E-state index in [1.807, 2.05) is 0 Å². The largest absolute Gasteiger partial charge is 0.573 e. The number of ether oxygens (including phenoxy) is 3. The van der Waals surface area contributed by atoms with Crippen LogP contribution < -0.4 is 9.47 Å². The Morgan fingerprint density at radius 1 is 1.07 bits per heavy atom. The standard InChI is InChI=1S/C19H17BrClF3O4/c1-10-12(20)6-8-15(16(10)17(25)28-18(2,3)4)26-14-7-5-11(9-13(14)21)27-19(22,23)24/h5-9H,1-4H3. The molecule has 0 saturated carbocycles. The average molecular weight is 482 g/mol. The van der Waals surface area contributed by atoms with Crippen LogP contribution in [0, 0.1) is 6.92 Å². The van der Waals surface area contributed by atoms with Gasteiger partial charge in [-0.1, -0.05) is 27.5 Å². The van der Waals surface area contributed by atoms with Crippen molar-refractivity contribution in [3.8, 4) is 17.2 Å². The fourth-order valence-corrected chi connectivity index (χ4v) is 2.75. The predicted molar refractivity (Wildman–Crippen MR) is 102 cm³/mol. The van der Waals surface area contributed by atoms with Crippen LogP contribution in [0.25, 0.3) is 0 Å². The molecule has 2 rings (SSSR count). The molecule has 0 spiro atoms. The Hall–Kier alpha value is -1.93. The van der Waals surface area contributed by atoms with Crippen LogP contribution in [0.2, 0.25) is 5.02 Å². The predicted octanol–water partition coefficient (Wildman–Crippen LogP) is 7.06. The molecule has 2 aromatic carbocycles. The fraction of sp³-hybridized carbons (Fsp3) is 0.316. The first-order valence-corrected chi connectivity index (χ1v) is 9.19. The van der Waals surface area contributed by atoms with Gasteiger partial charge in [0, 0.05) is 10.5 Å². The number of halogens is 5. The van der Waals surface area contributed by atoms with E-state index in [9.17, 15) is 18.0 Å². The van der Waals surface area contributed by atoms with Crippen LogP contribution in [0.15, 0.2) is 34.8 Å². The summed E-state index contributed by atoms with van der Waals surface area (Å²) in [4.78, 5) is 12.6. The van der Waals surface area contributed by atoms with E-state index in [2.05, 4.69) is 20.7 Å². The van der Waals surface area contributed by atoms with Gasteiger partial charge in [-0.3, -0.25) is 0 Å². The summed E-state index contributed by atoms with van der Waals surface area (Å²) in [6.07, 6.45) is -4.83. The lowest BCUT2D eigenvalue weighted by Crippen LogP contribution is -2.24. The third-order valence-corrected chi connectivity index (χ3v) is 4.47. The maximum Gasteiger partial charge on any atom is 0.573 e. The fourth-order valence-electron chi connectivity index (χ4n) is 2.21. The van der Waals surface area contributed by atoms with Crippen molar-refractivity contribution in [3.63, 3.8) is 0 Å². The van der Waals surface area contributed by atoms with Crippen LogP contribution in [0.5, 0.6) is 17.2 Å². The normalized spacial score (nSPS) is 11.9. The minimum atomic E-state index is -4.83. The highest BCUT2D eigenvalue weighted by Crippen LogP contribution is 2.38. The van der Waals surface area contributed by atoms with Crippen LogP contribution in [-0.2, 0) is 4.74 Å². The molecule has 152 valence electrons. The van der Waals surface area contributed by atoms with Gasteiger partial charge in [0.15, 0.2) is 0 Å². The van der Waals surface area contributed by atoms with Crippen molar-refractivity contribution in [1.82, 2.24) is 0 Å². The summed E-state index contributed by atoms with van der Waals surface area (Å²) in [5.74, 6) is -0.872. The second-order valence-electron chi connectivity index (χ2n) is 6.79. The maximum atomic E-state index is 12.6. The first-order chi connectivity index (χ1) is 12.8. The molecule has 0 fully saturated rings. The minimum Gasteiger partial charge on any atom is -0.456 e. The van der Waals surface area contributed by atoms with Gasteiger partial charge in [-0.25, -0.2) is 4.79 Å². The Morgan fingerprint density at radius 2 is 1.68 bits per heavy atom. The van der Waals surface area contributed by atoms with Gasteiger partial charge >= 0.3 is 12.3 Å². The van der Waals surface area contributed by atoms with Crippen molar-refractivity contribution in [2.75, 3.05) is 0 Å². The topological polar surface area (TPSA) is 44.8 Å². The average Bonchev–Trinajstić information content (AvgIpc) is 2.50. The van der Waals surface area contributed by atoms with Crippen molar-refractivity contribution in [3.05, 3.63) is 51.0 Å². The molecule has 2 aromatic rings. The monoisotopic (exact) mass is 480 g/mol. The Morgan fingerprint density at radius 3 is 2.21 bits per heavy atom. The Balaban J connectivity index is 2.39. The van der Waals surface area contributed by atoms with Gasteiger partial charge in [0.2, 0.25) is 0 Å². The molecule has 0 atom stereocenters. The summed E-state index contributed by atoms with van der Waals surface area (Å²) in [6.45, 7) is 6.90. The second kappa shape index (κ2) is 8.21. The lowest BCUT2D eigenvalue weighted by molar-refractivity contribution is -0.274. The molecule has 0 bridgehead atoms. The molecule has 0 aliphatic heterocycles. The molecule has 0 heterocycles. The number of carbonyl (C=O) groups is 1. The second-order valence-corrected chi connectivity index (χ2v) is 8.05. The number of carbonyl (C=O) groups excluding carboxylic acids is 1. The molecular formula is C19H17BrClF3O4. The Bertz CT molecular complexity index is 892. The van der Waals surface area contributed by atoms with Crippen LogP contribution in [0.4, 0.5) is 13.2 Å². The van der Waals surface area contributed by atoms with E-state index in [0.29, 0.717) is 10.0 Å². The van der Waals surface area contributed by atoms with E-state index in [1.54, 1.807) is 33.8 Å². The van der Waals surface area contributed by atoms with Crippen molar-refractivity contribution < 1.29 is 32.2 Å². The lowest BCUT2D eigenvalue weighted by Gasteiger charge is -2.22.